The number of rotatable bonds is 4. The number of nitrogens with zero attached hydrogens (tertiary/aromatic N) is 2. The Morgan fingerprint density at radius 3 is 2.73 bits per heavy atom. The van der Waals surface area contributed by atoms with E-state index in [2.05, 4.69) is 10.5 Å². The molecular formula is C9H15ClN4O. The molecule has 6 heteroatoms. The summed E-state index contributed by atoms with van der Waals surface area (Å²) in [6.07, 6.45) is 1.09. The lowest BCUT2D eigenvalue weighted by Gasteiger charge is -2.03. The third-order valence-electron chi connectivity index (χ3n) is 2.23. The molecule has 0 saturated carbocycles. The zero-order valence-electron chi connectivity index (χ0n) is 8.88. The van der Waals surface area contributed by atoms with Crippen molar-refractivity contribution < 1.29 is 4.79 Å². The Hall–Kier alpha value is -1.07. The lowest BCUT2D eigenvalue weighted by Crippen LogP contribution is -2.29. The van der Waals surface area contributed by atoms with Crippen LogP contribution < -0.4 is 11.3 Å². The van der Waals surface area contributed by atoms with Gasteiger partial charge in [0.25, 0.3) is 0 Å². The molecule has 0 spiro atoms. The van der Waals surface area contributed by atoms with E-state index in [1.165, 1.54) is 0 Å². The van der Waals surface area contributed by atoms with Crippen molar-refractivity contribution in [3.05, 3.63) is 16.4 Å². The van der Waals surface area contributed by atoms with Crippen LogP contribution in [-0.4, -0.2) is 15.7 Å². The van der Waals surface area contributed by atoms with Crippen LogP contribution in [0, 0.1) is 13.8 Å². The number of aryl methyl sites for hydroxylation is 2. The summed E-state index contributed by atoms with van der Waals surface area (Å²) in [6.45, 7) is 4.44. The molecule has 1 heterocycles. The number of nitrogens with one attached hydrogen (secondary N) is 1. The van der Waals surface area contributed by atoms with Gasteiger partial charge in [0, 0.05) is 13.0 Å². The monoisotopic (exact) mass is 230 g/mol. The van der Waals surface area contributed by atoms with Crippen molar-refractivity contribution in [3.63, 3.8) is 0 Å². The normalized spacial score (nSPS) is 10.4. The number of nitrogens with two attached hydrogens (primary N) is 1. The maximum Gasteiger partial charge on any atom is 0.233 e. The van der Waals surface area contributed by atoms with Gasteiger partial charge < -0.3 is 0 Å². The summed E-state index contributed by atoms with van der Waals surface area (Å²) in [5.74, 6) is 4.80. The van der Waals surface area contributed by atoms with Crippen molar-refractivity contribution in [1.82, 2.24) is 15.2 Å². The predicted molar refractivity (Wildman–Crippen MR) is 58.3 cm³/mol. The predicted octanol–water partition coefficient (Wildman–Crippen LogP) is 0.923. The fourth-order valence-electron chi connectivity index (χ4n) is 1.35. The number of halogens is 1. The second-order valence-corrected chi connectivity index (χ2v) is 3.76. The van der Waals surface area contributed by atoms with Crippen LogP contribution >= 0.6 is 11.6 Å². The van der Waals surface area contributed by atoms with E-state index < -0.39 is 0 Å². The van der Waals surface area contributed by atoms with E-state index in [1.54, 1.807) is 0 Å². The molecule has 84 valence electrons. The van der Waals surface area contributed by atoms with E-state index in [4.69, 9.17) is 17.4 Å². The number of hydrazine groups is 1. The van der Waals surface area contributed by atoms with Gasteiger partial charge in [-0.3, -0.25) is 14.9 Å². The average molecular weight is 231 g/mol. The van der Waals surface area contributed by atoms with Crippen LogP contribution in [0.1, 0.15) is 24.2 Å². The van der Waals surface area contributed by atoms with Crippen LogP contribution in [0.4, 0.5) is 0 Å². The van der Waals surface area contributed by atoms with E-state index in [1.807, 2.05) is 18.5 Å². The molecule has 0 aliphatic heterocycles. The van der Waals surface area contributed by atoms with Crippen molar-refractivity contribution >= 4 is 17.5 Å². The highest BCUT2D eigenvalue weighted by molar-refractivity contribution is 6.31. The lowest BCUT2D eigenvalue weighted by atomic mass is 10.3. The maximum atomic E-state index is 10.9. The van der Waals surface area contributed by atoms with Crippen LogP contribution in [0.15, 0.2) is 0 Å². The van der Waals surface area contributed by atoms with Crippen LogP contribution in [-0.2, 0) is 11.3 Å². The first-order valence-electron chi connectivity index (χ1n) is 4.75. The Labute approximate surface area is 93.6 Å². The molecule has 1 rings (SSSR count). The van der Waals surface area contributed by atoms with Crippen LogP contribution in [0.5, 0.6) is 0 Å². The minimum Gasteiger partial charge on any atom is -0.294 e. The number of hydrogen-bond acceptors (Lipinski definition) is 3. The van der Waals surface area contributed by atoms with E-state index >= 15 is 0 Å². The molecule has 0 unspecified atom stereocenters. The molecule has 0 radical (unpaired) electrons. The Morgan fingerprint density at radius 2 is 2.27 bits per heavy atom. The van der Waals surface area contributed by atoms with Gasteiger partial charge in [-0.15, -0.1) is 0 Å². The van der Waals surface area contributed by atoms with Gasteiger partial charge in [-0.2, -0.15) is 5.10 Å². The zero-order chi connectivity index (χ0) is 11.4. The first-order valence-corrected chi connectivity index (χ1v) is 5.13. The van der Waals surface area contributed by atoms with Gasteiger partial charge >= 0.3 is 0 Å². The van der Waals surface area contributed by atoms with Gasteiger partial charge in [0.15, 0.2) is 0 Å². The van der Waals surface area contributed by atoms with Crippen molar-refractivity contribution in [2.45, 2.75) is 33.2 Å². The standard InChI is InChI=1S/C9H15ClN4O/c1-6-9(10)7(2)14(13-6)5-3-4-8(15)12-11/h3-5,11H2,1-2H3,(H,12,15). The van der Waals surface area contributed by atoms with Crippen molar-refractivity contribution in [3.8, 4) is 0 Å². The Morgan fingerprint density at radius 1 is 1.60 bits per heavy atom. The summed E-state index contributed by atoms with van der Waals surface area (Å²) in [5, 5.41) is 4.95. The summed E-state index contributed by atoms with van der Waals surface area (Å²) in [7, 11) is 0. The van der Waals surface area contributed by atoms with Gasteiger partial charge in [-0.1, -0.05) is 11.6 Å². The molecule has 0 bridgehead atoms. The fraction of sp³-hybridized carbons (Fsp3) is 0.556. The molecule has 0 atom stereocenters. The van der Waals surface area contributed by atoms with Gasteiger partial charge in [0.05, 0.1) is 16.4 Å². The molecule has 0 aliphatic rings. The first-order chi connectivity index (χ1) is 7.06. The molecule has 0 aromatic carbocycles. The molecular weight excluding hydrogens is 216 g/mol. The number of amides is 1. The third kappa shape index (κ3) is 2.94. The zero-order valence-corrected chi connectivity index (χ0v) is 9.64. The van der Waals surface area contributed by atoms with Gasteiger partial charge in [0.1, 0.15) is 0 Å². The molecule has 1 aromatic heterocycles. The molecule has 5 nitrogen and oxygen atoms in total. The number of carbonyl (C=O) groups is 1. The maximum absolute atomic E-state index is 10.9. The largest absolute Gasteiger partial charge is 0.294 e. The smallest absolute Gasteiger partial charge is 0.233 e. The quantitative estimate of drug-likeness (QED) is 0.459. The number of aromatic nitrogens is 2. The molecule has 0 saturated heterocycles. The van der Waals surface area contributed by atoms with Gasteiger partial charge in [-0.25, -0.2) is 5.84 Å². The fourth-order valence-corrected chi connectivity index (χ4v) is 1.49. The molecule has 0 aliphatic carbocycles. The summed E-state index contributed by atoms with van der Waals surface area (Å²) in [6, 6.07) is 0. The minimum absolute atomic E-state index is 0.164. The highest BCUT2D eigenvalue weighted by atomic mass is 35.5. The van der Waals surface area contributed by atoms with Crippen LogP contribution in [0.3, 0.4) is 0 Å². The lowest BCUT2D eigenvalue weighted by molar-refractivity contribution is -0.121. The van der Waals surface area contributed by atoms with E-state index in [0.717, 1.165) is 11.4 Å². The van der Waals surface area contributed by atoms with E-state index in [-0.39, 0.29) is 5.91 Å². The Bertz CT molecular complexity index is 361. The molecule has 1 amide bonds. The van der Waals surface area contributed by atoms with E-state index in [0.29, 0.717) is 24.4 Å². The minimum atomic E-state index is -0.164. The molecule has 3 N–H and O–H groups in total. The topological polar surface area (TPSA) is 72.9 Å². The summed E-state index contributed by atoms with van der Waals surface area (Å²) >= 11 is 5.98. The van der Waals surface area contributed by atoms with Crippen LogP contribution in [0.25, 0.3) is 0 Å². The SMILES string of the molecule is Cc1nn(CCCC(=O)NN)c(C)c1Cl. The Balaban J connectivity index is 2.51. The highest BCUT2D eigenvalue weighted by Gasteiger charge is 2.08. The average Bonchev–Trinajstić information content (AvgIpc) is 2.46. The summed E-state index contributed by atoms with van der Waals surface area (Å²) in [4.78, 5) is 10.9. The molecule has 15 heavy (non-hydrogen) atoms. The molecule has 1 aromatic rings. The van der Waals surface area contributed by atoms with Crippen molar-refractivity contribution in [2.24, 2.45) is 5.84 Å². The highest BCUT2D eigenvalue weighted by Crippen LogP contribution is 2.19. The first kappa shape index (κ1) is 12.0. The number of carbonyl (C=O) groups excluding carboxylic acids is 1. The second kappa shape index (κ2) is 5.14. The van der Waals surface area contributed by atoms with E-state index in [9.17, 15) is 4.79 Å². The number of hydrogen-bond donors (Lipinski definition) is 2. The summed E-state index contributed by atoms with van der Waals surface area (Å²) < 4.78 is 1.81. The summed E-state index contributed by atoms with van der Waals surface area (Å²) in [5.41, 5.74) is 3.84. The molecule has 0 fully saturated rings. The van der Waals surface area contributed by atoms with Crippen molar-refractivity contribution in [2.75, 3.05) is 0 Å². The van der Waals surface area contributed by atoms with Crippen LogP contribution in [0.2, 0.25) is 5.02 Å². The van der Waals surface area contributed by atoms with Crippen molar-refractivity contribution in [1.29, 1.82) is 0 Å². The van der Waals surface area contributed by atoms with Gasteiger partial charge in [0.2, 0.25) is 5.91 Å². The third-order valence-corrected chi connectivity index (χ3v) is 2.77. The Kier molecular flexibility index (Phi) is 4.11. The van der Waals surface area contributed by atoms with Gasteiger partial charge in [-0.05, 0) is 20.3 Å². The second-order valence-electron chi connectivity index (χ2n) is 3.38.